The van der Waals surface area contributed by atoms with Crippen molar-refractivity contribution in [1.82, 2.24) is 24.6 Å². The highest BCUT2D eigenvalue weighted by Crippen LogP contribution is 2.24. The molecule has 1 saturated heterocycles. The van der Waals surface area contributed by atoms with Gasteiger partial charge in [-0.3, -0.25) is 0 Å². The molecule has 0 aliphatic carbocycles. The van der Waals surface area contributed by atoms with E-state index in [1.807, 2.05) is 0 Å². The Balaban J connectivity index is 2.30. The zero-order chi connectivity index (χ0) is 13.3. The summed E-state index contributed by atoms with van der Waals surface area (Å²) >= 11 is 3.13. The van der Waals surface area contributed by atoms with E-state index >= 15 is 0 Å². The highest BCUT2D eigenvalue weighted by molar-refractivity contribution is 9.10. The van der Waals surface area contributed by atoms with Crippen LogP contribution in [0.4, 0.5) is 0 Å². The van der Waals surface area contributed by atoms with Crippen LogP contribution < -0.4 is 5.32 Å². The first kappa shape index (κ1) is 13.9. The Hall–Kier alpha value is -0.510. The van der Waals surface area contributed by atoms with Gasteiger partial charge in [-0.1, -0.05) is 5.21 Å². The number of aromatic nitrogens is 3. The van der Waals surface area contributed by atoms with Crippen LogP contribution in [0.1, 0.15) is 12.8 Å². The molecule has 1 fully saturated rings. The smallest absolute Gasteiger partial charge is 0.263 e. The summed E-state index contributed by atoms with van der Waals surface area (Å²) in [6.07, 6.45) is 1.64. The number of sulfonamides is 1. The zero-order valence-corrected chi connectivity index (χ0v) is 12.7. The Morgan fingerprint density at radius 2 is 2.06 bits per heavy atom. The van der Waals surface area contributed by atoms with E-state index in [0.717, 1.165) is 25.9 Å². The van der Waals surface area contributed by atoms with Gasteiger partial charge in [-0.2, -0.15) is 4.31 Å². The van der Waals surface area contributed by atoms with Crippen LogP contribution in [0.25, 0.3) is 0 Å². The number of halogens is 1. The largest absolute Gasteiger partial charge is 0.317 e. The first-order chi connectivity index (χ1) is 8.44. The number of hydrogen-bond acceptors (Lipinski definition) is 5. The van der Waals surface area contributed by atoms with Crippen molar-refractivity contribution in [2.45, 2.75) is 23.9 Å². The number of piperidine rings is 1. The third-order valence-corrected chi connectivity index (χ3v) is 5.98. The molecule has 0 spiro atoms. The predicted molar refractivity (Wildman–Crippen MR) is 69.5 cm³/mol. The number of nitrogens with one attached hydrogen (secondary N) is 1. The highest BCUT2D eigenvalue weighted by atomic mass is 79.9. The average Bonchev–Trinajstić information content (AvgIpc) is 2.69. The maximum Gasteiger partial charge on any atom is 0.263 e. The van der Waals surface area contributed by atoms with E-state index in [1.54, 1.807) is 14.1 Å². The molecule has 1 aromatic heterocycles. The summed E-state index contributed by atoms with van der Waals surface area (Å²) in [5, 5.41) is 10.8. The van der Waals surface area contributed by atoms with E-state index in [0.29, 0.717) is 0 Å². The van der Waals surface area contributed by atoms with Crippen molar-refractivity contribution < 1.29 is 8.42 Å². The van der Waals surface area contributed by atoms with E-state index in [4.69, 9.17) is 0 Å². The number of nitrogens with zero attached hydrogens (tertiary/aromatic N) is 4. The quantitative estimate of drug-likeness (QED) is 0.836. The molecule has 0 bridgehead atoms. The van der Waals surface area contributed by atoms with Gasteiger partial charge in [0.15, 0.2) is 4.60 Å². The molecule has 1 aliphatic heterocycles. The lowest BCUT2D eigenvalue weighted by molar-refractivity contribution is 0.294. The van der Waals surface area contributed by atoms with Crippen molar-refractivity contribution >= 4 is 26.0 Å². The Kier molecular flexibility index (Phi) is 4.05. The first-order valence-electron chi connectivity index (χ1n) is 5.68. The van der Waals surface area contributed by atoms with Crippen molar-refractivity contribution in [2.24, 2.45) is 7.05 Å². The number of aryl methyl sites for hydroxylation is 1. The third-order valence-electron chi connectivity index (χ3n) is 3.18. The Labute approximate surface area is 115 Å². The van der Waals surface area contributed by atoms with Crippen molar-refractivity contribution in [3.05, 3.63) is 4.60 Å². The lowest BCUT2D eigenvalue weighted by Crippen LogP contribution is -2.44. The second kappa shape index (κ2) is 5.24. The summed E-state index contributed by atoms with van der Waals surface area (Å²) in [5.74, 6) is 0. The molecule has 0 unspecified atom stereocenters. The third kappa shape index (κ3) is 2.44. The topological polar surface area (TPSA) is 80.1 Å². The van der Waals surface area contributed by atoms with Crippen LogP contribution in [-0.4, -0.2) is 53.9 Å². The fourth-order valence-corrected chi connectivity index (χ4v) is 4.54. The maximum atomic E-state index is 12.5. The van der Waals surface area contributed by atoms with Crippen molar-refractivity contribution in [3.8, 4) is 0 Å². The van der Waals surface area contributed by atoms with Crippen LogP contribution in [0, 0.1) is 0 Å². The number of rotatable bonds is 3. The minimum absolute atomic E-state index is 0.0260. The van der Waals surface area contributed by atoms with Crippen molar-refractivity contribution in [1.29, 1.82) is 0 Å². The van der Waals surface area contributed by atoms with Gasteiger partial charge in [0.25, 0.3) is 10.0 Å². The van der Waals surface area contributed by atoms with Gasteiger partial charge in [0.1, 0.15) is 0 Å². The van der Waals surface area contributed by atoms with Gasteiger partial charge < -0.3 is 5.32 Å². The normalized spacial score (nSPS) is 18.4. The molecule has 1 N–H and O–H groups in total. The summed E-state index contributed by atoms with van der Waals surface area (Å²) in [7, 11) is -0.374. The Morgan fingerprint density at radius 3 is 2.56 bits per heavy atom. The van der Waals surface area contributed by atoms with Crippen molar-refractivity contribution in [3.63, 3.8) is 0 Å². The van der Waals surface area contributed by atoms with Crippen LogP contribution in [0.15, 0.2) is 9.63 Å². The van der Waals surface area contributed by atoms with Crippen LogP contribution in [0.2, 0.25) is 0 Å². The zero-order valence-electron chi connectivity index (χ0n) is 10.3. The molecule has 2 rings (SSSR count). The van der Waals surface area contributed by atoms with Gasteiger partial charge in [-0.15, -0.1) is 5.10 Å². The fourth-order valence-electron chi connectivity index (χ4n) is 2.10. The van der Waals surface area contributed by atoms with Gasteiger partial charge in [0.2, 0.25) is 5.03 Å². The van der Waals surface area contributed by atoms with Gasteiger partial charge in [0.05, 0.1) is 0 Å². The van der Waals surface area contributed by atoms with Gasteiger partial charge in [-0.25, -0.2) is 13.1 Å². The summed E-state index contributed by atoms with van der Waals surface area (Å²) in [6.45, 7) is 1.69. The second-order valence-corrected chi connectivity index (χ2v) is 6.98. The van der Waals surface area contributed by atoms with Crippen LogP contribution >= 0.6 is 15.9 Å². The second-order valence-electron chi connectivity index (χ2n) is 4.31. The Bertz CT molecular complexity index is 504. The van der Waals surface area contributed by atoms with E-state index in [9.17, 15) is 8.42 Å². The molecule has 1 aromatic rings. The fraction of sp³-hybridized carbons (Fsp3) is 0.778. The van der Waals surface area contributed by atoms with E-state index in [1.165, 1.54) is 8.99 Å². The minimum Gasteiger partial charge on any atom is -0.317 e. The molecule has 9 heteroatoms. The first-order valence-corrected chi connectivity index (χ1v) is 7.92. The molecule has 0 atom stereocenters. The van der Waals surface area contributed by atoms with Crippen LogP contribution in [0.3, 0.4) is 0 Å². The Morgan fingerprint density at radius 1 is 1.44 bits per heavy atom. The molecular weight excluding hydrogens is 322 g/mol. The average molecular weight is 338 g/mol. The lowest BCUT2D eigenvalue weighted by Gasteiger charge is -2.30. The minimum atomic E-state index is -3.56. The van der Waals surface area contributed by atoms with E-state index < -0.39 is 10.0 Å². The van der Waals surface area contributed by atoms with E-state index in [-0.39, 0.29) is 15.7 Å². The van der Waals surface area contributed by atoms with E-state index in [2.05, 4.69) is 31.6 Å². The summed E-state index contributed by atoms with van der Waals surface area (Å²) < 4.78 is 28.0. The molecule has 7 nitrogen and oxygen atoms in total. The SMILES string of the molecule is CN(C1CCNCC1)S(=O)(=O)c1c(Br)nnn1C. The number of hydrogen-bond donors (Lipinski definition) is 1. The maximum absolute atomic E-state index is 12.5. The van der Waals surface area contributed by atoms with Crippen LogP contribution in [0.5, 0.6) is 0 Å². The monoisotopic (exact) mass is 337 g/mol. The molecule has 2 heterocycles. The summed E-state index contributed by atoms with van der Waals surface area (Å²) in [4.78, 5) is 0. The molecule has 0 aromatic carbocycles. The molecule has 102 valence electrons. The summed E-state index contributed by atoms with van der Waals surface area (Å²) in [6, 6.07) is 0.0260. The van der Waals surface area contributed by atoms with Crippen LogP contribution in [-0.2, 0) is 17.1 Å². The molecule has 0 amide bonds. The molecular formula is C9H16BrN5O2S. The molecule has 1 aliphatic rings. The van der Waals surface area contributed by atoms with Crippen molar-refractivity contribution in [2.75, 3.05) is 20.1 Å². The molecule has 0 radical (unpaired) electrons. The van der Waals surface area contributed by atoms with Gasteiger partial charge in [0, 0.05) is 20.1 Å². The highest BCUT2D eigenvalue weighted by Gasteiger charge is 2.33. The van der Waals surface area contributed by atoms with Gasteiger partial charge in [-0.05, 0) is 41.9 Å². The standard InChI is InChI=1S/C9H16BrN5O2S/c1-14-9(8(10)12-13-14)18(16,17)15(2)7-3-5-11-6-4-7/h7,11H,3-6H2,1-2H3. The van der Waals surface area contributed by atoms with Gasteiger partial charge >= 0.3 is 0 Å². The lowest BCUT2D eigenvalue weighted by atomic mass is 10.1. The molecule has 18 heavy (non-hydrogen) atoms. The predicted octanol–water partition coefficient (Wildman–Crippen LogP) is -0.0499. The summed E-state index contributed by atoms with van der Waals surface area (Å²) in [5.41, 5.74) is 0. The molecule has 0 saturated carbocycles.